The average molecular weight is 390 g/mol. The molecule has 0 radical (unpaired) electrons. The van der Waals surface area contributed by atoms with Crippen LogP contribution in [0.3, 0.4) is 0 Å². The molecule has 2 heterocycles. The molecule has 0 amide bonds. The number of halogens is 1. The van der Waals surface area contributed by atoms with E-state index < -0.39 is 0 Å². The fourth-order valence-corrected chi connectivity index (χ4v) is 4.05. The quantitative estimate of drug-likeness (QED) is 0.328. The highest BCUT2D eigenvalue weighted by atomic mass is 32.2. The predicted octanol–water partition coefficient (Wildman–Crippen LogP) is 5.03. The van der Waals surface area contributed by atoms with Gasteiger partial charge in [-0.2, -0.15) is 0 Å². The second-order valence-electron chi connectivity index (χ2n) is 6.36. The van der Waals surface area contributed by atoms with Gasteiger partial charge in [-0.05, 0) is 29.3 Å². The lowest BCUT2D eigenvalue weighted by Crippen LogP contribution is -2.05. The second kappa shape index (κ2) is 8.35. The van der Waals surface area contributed by atoms with Crippen LogP contribution in [-0.2, 0) is 18.7 Å². The van der Waals surface area contributed by atoms with Gasteiger partial charge in [0.1, 0.15) is 11.6 Å². The van der Waals surface area contributed by atoms with E-state index in [-0.39, 0.29) is 5.82 Å². The van der Waals surface area contributed by atoms with Gasteiger partial charge in [-0.15, -0.1) is 16.8 Å². The number of hydrogen-bond donors (Lipinski definition) is 0. The van der Waals surface area contributed by atoms with Gasteiger partial charge in [0.15, 0.2) is 5.16 Å². The Labute approximate surface area is 167 Å². The summed E-state index contributed by atoms with van der Waals surface area (Å²) in [5.41, 5.74) is 2.85. The lowest BCUT2D eigenvalue weighted by atomic mass is 10.1. The van der Waals surface area contributed by atoms with Crippen molar-refractivity contribution in [2.75, 3.05) is 0 Å². The Morgan fingerprint density at radius 2 is 1.89 bits per heavy atom. The molecule has 2 aromatic carbocycles. The largest absolute Gasteiger partial charge is 0.302 e. The molecule has 0 saturated carbocycles. The molecule has 0 aliphatic carbocycles. The standard InChI is InChI=1S/C22H19FN4S/c1-2-13-27-20(14-16-7-4-3-5-8-16)25-26-22(27)28-15-17-10-11-19(23)18-9-6-12-24-21(17)18/h2-12H,1,13-15H2. The van der Waals surface area contributed by atoms with Gasteiger partial charge in [-0.25, -0.2) is 4.39 Å². The molecule has 4 rings (SSSR count). The molecule has 0 saturated heterocycles. The third-order valence-electron chi connectivity index (χ3n) is 4.47. The number of aromatic nitrogens is 4. The van der Waals surface area contributed by atoms with Crippen LogP contribution in [0.15, 0.2) is 78.6 Å². The molecule has 4 nitrogen and oxygen atoms in total. The molecule has 140 valence electrons. The van der Waals surface area contributed by atoms with Gasteiger partial charge in [0, 0.05) is 30.3 Å². The van der Waals surface area contributed by atoms with Crippen LogP contribution < -0.4 is 0 Å². The van der Waals surface area contributed by atoms with Gasteiger partial charge in [0.2, 0.25) is 0 Å². The lowest BCUT2D eigenvalue weighted by molar-refractivity contribution is 0.639. The van der Waals surface area contributed by atoms with Crippen molar-refractivity contribution in [1.82, 2.24) is 19.7 Å². The molecule has 0 N–H and O–H groups in total. The molecule has 0 unspecified atom stereocenters. The van der Waals surface area contributed by atoms with E-state index in [9.17, 15) is 4.39 Å². The van der Waals surface area contributed by atoms with E-state index in [0.29, 0.717) is 29.6 Å². The molecule has 0 spiro atoms. The minimum absolute atomic E-state index is 0.253. The zero-order valence-corrected chi connectivity index (χ0v) is 16.1. The summed E-state index contributed by atoms with van der Waals surface area (Å²) in [7, 11) is 0. The topological polar surface area (TPSA) is 43.6 Å². The summed E-state index contributed by atoms with van der Waals surface area (Å²) in [4.78, 5) is 4.36. The van der Waals surface area contributed by atoms with Crippen LogP contribution in [0.2, 0.25) is 0 Å². The first-order valence-corrected chi connectivity index (χ1v) is 9.96. The number of hydrogen-bond acceptors (Lipinski definition) is 4. The van der Waals surface area contributed by atoms with Crippen molar-refractivity contribution in [3.8, 4) is 0 Å². The lowest BCUT2D eigenvalue weighted by Gasteiger charge is -2.09. The zero-order chi connectivity index (χ0) is 19.3. The van der Waals surface area contributed by atoms with Crippen molar-refractivity contribution in [3.05, 3.63) is 96.2 Å². The van der Waals surface area contributed by atoms with Crippen LogP contribution in [0.4, 0.5) is 4.39 Å². The second-order valence-corrected chi connectivity index (χ2v) is 7.30. The Hall–Kier alpha value is -2.99. The molecule has 0 bridgehead atoms. The summed E-state index contributed by atoms with van der Waals surface area (Å²) in [6.07, 6.45) is 4.24. The van der Waals surface area contributed by atoms with E-state index in [2.05, 4.69) is 38.5 Å². The van der Waals surface area contributed by atoms with E-state index in [1.54, 1.807) is 36.2 Å². The van der Waals surface area contributed by atoms with Gasteiger partial charge in [0.25, 0.3) is 0 Å². The van der Waals surface area contributed by atoms with Crippen LogP contribution in [-0.4, -0.2) is 19.7 Å². The van der Waals surface area contributed by atoms with Crippen LogP contribution in [0.25, 0.3) is 10.9 Å². The monoisotopic (exact) mass is 390 g/mol. The van der Waals surface area contributed by atoms with Crippen molar-refractivity contribution in [2.45, 2.75) is 23.9 Å². The Morgan fingerprint density at radius 1 is 1.04 bits per heavy atom. The SMILES string of the molecule is C=CCn1c(Cc2ccccc2)nnc1SCc1ccc(F)c2cccnc12. The first-order valence-electron chi connectivity index (χ1n) is 8.98. The first kappa shape index (κ1) is 18.4. The van der Waals surface area contributed by atoms with E-state index >= 15 is 0 Å². The molecule has 0 aliphatic heterocycles. The highest BCUT2D eigenvalue weighted by Gasteiger charge is 2.14. The van der Waals surface area contributed by atoms with Gasteiger partial charge < -0.3 is 4.57 Å². The first-order chi connectivity index (χ1) is 13.8. The molecule has 4 aromatic rings. The fraction of sp³-hybridized carbons (Fsp3) is 0.136. The number of pyridine rings is 1. The summed E-state index contributed by atoms with van der Waals surface area (Å²) in [5, 5.41) is 10.1. The zero-order valence-electron chi connectivity index (χ0n) is 15.3. The highest BCUT2D eigenvalue weighted by Crippen LogP contribution is 2.27. The molecular formula is C22H19FN4S. The van der Waals surface area contributed by atoms with Crippen LogP contribution in [0, 0.1) is 5.82 Å². The Morgan fingerprint density at radius 3 is 2.71 bits per heavy atom. The number of allylic oxidation sites excluding steroid dienone is 1. The Balaban J connectivity index is 1.59. The van der Waals surface area contributed by atoms with Crippen molar-refractivity contribution in [2.24, 2.45) is 0 Å². The van der Waals surface area contributed by atoms with Crippen LogP contribution >= 0.6 is 11.8 Å². The summed E-state index contributed by atoms with van der Waals surface area (Å²) in [6, 6.07) is 17.0. The minimum Gasteiger partial charge on any atom is -0.302 e. The van der Waals surface area contributed by atoms with Gasteiger partial charge in [-0.1, -0.05) is 54.2 Å². The van der Waals surface area contributed by atoms with E-state index in [1.165, 1.54) is 11.6 Å². The molecule has 6 heteroatoms. The molecule has 0 fully saturated rings. The number of thioether (sulfide) groups is 1. The van der Waals surface area contributed by atoms with E-state index in [1.807, 2.05) is 24.3 Å². The average Bonchev–Trinajstić information content (AvgIpc) is 3.10. The molecule has 0 atom stereocenters. The number of rotatable bonds is 7. The molecule has 2 aromatic heterocycles. The number of benzene rings is 2. The number of fused-ring (bicyclic) bond motifs is 1. The Bertz CT molecular complexity index is 1110. The Kier molecular flexibility index (Phi) is 5.48. The van der Waals surface area contributed by atoms with Crippen molar-refractivity contribution >= 4 is 22.7 Å². The third kappa shape index (κ3) is 3.82. The molecule has 28 heavy (non-hydrogen) atoms. The smallest absolute Gasteiger partial charge is 0.191 e. The molecular weight excluding hydrogens is 371 g/mol. The van der Waals surface area contributed by atoms with Crippen LogP contribution in [0.1, 0.15) is 17.0 Å². The third-order valence-corrected chi connectivity index (χ3v) is 5.48. The molecule has 0 aliphatic rings. The predicted molar refractivity (Wildman–Crippen MR) is 111 cm³/mol. The highest BCUT2D eigenvalue weighted by molar-refractivity contribution is 7.98. The summed E-state index contributed by atoms with van der Waals surface area (Å²) in [5.74, 6) is 1.28. The summed E-state index contributed by atoms with van der Waals surface area (Å²) < 4.78 is 16.1. The summed E-state index contributed by atoms with van der Waals surface area (Å²) in [6.45, 7) is 4.50. The summed E-state index contributed by atoms with van der Waals surface area (Å²) >= 11 is 1.57. The fourth-order valence-electron chi connectivity index (χ4n) is 3.10. The van der Waals surface area contributed by atoms with E-state index in [4.69, 9.17) is 0 Å². The van der Waals surface area contributed by atoms with Crippen LogP contribution in [0.5, 0.6) is 0 Å². The van der Waals surface area contributed by atoms with Crippen molar-refractivity contribution in [1.29, 1.82) is 0 Å². The minimum atomic E-state index is -0.253. The van der Waals surface area contributed by atoms with Crippen molar-refractivity contribution in [3.63, 3.8) is 0 Å². The van der Waals surface area contributed by atoms with E-state index in [0.717, 1.165) is 16.5 Å². The van der Waals surface area contributed by atoms with Gasteiger partial charge in [0.05, 0.1) is 5.52 Å². The normalized spacial score (nSPS) is 11.0. The van der Waals surface area contributed by atoms with Gasteiger partial charge in [-0.3, -0.25) is 4.98 Å². The van der Waals surface area contributed by atoms with Crippen molar-refractivity contribution < 1.29 is 4.39 Å². The van der Waals surface area contributed by atoms with Gasteiger partial charge >= 0.3 is 0 Å². The maximum Gasteiger partial charge on any atom is 0.191 e. The maximum atomic E-state index is 14.0. The number of nitrogens with zero attached hydrogens (tertiary/aromatic N) is 4. The maximum absolute atomic E-state index is 14.0.